The van der Waals surface area contributed by atoms with Gasteiger partial charge < -0.3 is 15.4 Å². The fraction of sp³-hybridized carbons (Fsp3) is 0.500. The summed E-state index contributed by atoms with van der Waals surface area (Å²) in [7, 11) is 0. The zero-order chi connectivity index (χ0) is 14.7. The number of hydrogen-bond acceptors (Lipinski definition) is 4. The molecule has 0 aliphatic heterocycles. The maximum Gasteiger partial charge on any atom is 0.320 e. The number of aliphatic hydroxyl groups is 1. The first-order chi connectivity index (χ1) is 10.2. The van der Waals surface area contributed by atoms with E-state index in [-0.39, 0.29) is 18.7 Å². The lowest BCUT2D eigenvalue weighted by molar-refractivity contribution is 0.171. The van der Waals surface area contributed by atoms with E-state index in [9.17, 15) is 9.90 Å². The summed E-state index contributed by atoms with van der Waals surface area (Å²) >= 11 is 0. The largest absolute Gasteiger partial charge is 0.396 e. The Hall–Kier alpha value is -2.15. The van der Waals surface area contributed by atoms with Crippen molar-refractivity contribution in [1.29, 1.82) is 0 Å². The Kier molecular flexibility index (Phi) is 4.01. The zero-order valence-corrected chi connectivity index (χ0v) is 11.7. The van der Waals surface area contributed by atoms with Gasteiger partial charge in [-0.3, -0.25) is 5.32 Å². The van der Waals surface area contributed by atoms with Gasteiger partial charge in [-0.25, -0.2) is 14.8 Å². The molecule has 4 N–H and O–H groups in total. The maximum absolute atomic E-state index is 12.0. The number of hydrogen-bond donors (Lipinski definition) is 4. The van der Waals surface area contributed by atoms with Crippen molar-refractivity contribution >= 4 is 23.0 Å². The molecule has 0 unspecified atom stereocenters. The van der Waals surface area contributed by atoms with E-state index in [2.05, 4.69) is 25.6 Å². The predicted molar refractivity (Wildman–Crippen MR) is 78.9 cm³/mol. The van der Waals surface area contributed by atoms with Gasteiger partial charge in [-0.15, -0.1) is 0 Å². The Balaban J connectivity index is 1.58. The van der Waals surface area contributed by atoms with Crippen LogP contribution < -0.4 is 10.6 Å². The number of aromatic nitrogens is 3. The van der Waals surface area contributed by atoms with Gasteiger partial charge >= 0.3 is 6.03 Å². The molecule has 2 atom stereocenters. The van der Waals surface area contributed by atoms with Crippen molar-refractivity contribution < 1.29 is 9.90 Å². The number of nitrogens with zero attached hydrogens (tertiary/aromatic N) is 2. The van der Waals surface area contributed by atoms with Crippen LogP contribution in [0.3, 0.4) is 0 Å². The Morgan fingerprint density at radius 3 is 3.24 bits per heavy atom. The quantitative estimate of drug-likeness (QED) is 0.689. The van der Waals surface area contributed by atoms with Crippen molar-refractivity contribution in [2.75, 3.05) is 11.9 Å². The zero-order valence-electron chi connectivity index (χ0n) is 11.7. The third-order valence-electron chi connectivity index (χ3n) is 3.88. The van der Waals surface area contributed by atoms with E-state index in [4.69, 9.17) is 0 Å². The van der Waals surface area contributed by atoms with Crippen molar-refractivity contribution in [2.24, 2.45) is 5.92 Å². The minimum Gasteiger partial charge on any atom is -0.396 e. The predicted octanol–water partition coefficient (Wildman–Crippen LogP) is 1.63. The number of aliphatic hydroxyl groups excluding tert-OH is 1. The summed E-state index contributed by atoms with van der Waals surface area (Å²) in [5.41, 5.74) is 1.41. The highest BCUT2D eigenvalue weighted by molar-refractivity contribution is 5.89. The van der Waals surface area contributed by atoms with Gasteiger partial charge in [0.1, 0.15) is 5.52 Å². The SMILES string of the molecule is O=C(Nc1cnc2[nH]ccc2n1)N[C@@H]1CCC[C@@H](CO)C1. The van der Waals surface area contributed by atoms with Crippen LogP contribution in [-0.2, 0) is 0 Å². The number of fused-ring (bicyclic) bond motifs is 1. The molecule has 7 heteroatoms. The normalized spacial score (nSPS) is 22.1. The van der Waals surface area contributed by atoms with Crippen LogP contribution in [0.25, 0.3) is 11.2 Å². The lowest BCUT2D eigenvalue weighted by Crippen LogP contribution is -2.41. The molecule has 2 aromatic rings. The second-order valence-electron chi connectivity index (χ2n) is 5.48. The van der Waals surface area contributed by atoms with Crippen LogP contribution in [-0.4, -0.2) is 38.7 Å². The van der Waals surface area contributed by atoms with Gasteiger partial charge in [0.15, 0.2) is 11.5 Å². The van der Waals surface area contributed by atoms with Crippen LogP contribution in [0.15, 0.2) is 18.5 Å². The second-order valence-corrected chi connectivity index (χ2v) is 5.48. The fourth-order valence-electron chi connectivity index (χ4n) is 2.82. The number of urea groups is 1. The molecule has 2 aromatic heterocycles. The van der Waals surface area contributed by atoms with Crippen molar-refractivity contribution in [3.63, 3.8) is 0 Å². The average molecular weight is 289 g/mol. The number of carbonyl (C=O) groups excluding carboxylic acids is 1. The standard InChI is InChI=1S/C14H19N5O2/c20-8-9-2-1-3-10(6-9)17-14(21)19-12-7-16-13-11(18-12)4-5-15-13/h4-5,7,9-10,20H,1-3,6,8H2,(H,15,16)(H2,17,18,19,21)/t9-,10-/m1/s1. The second kappa shape index (κ2) is 6.09. The van der Waals surface area contributed by atoms with Gasteiger partial charge in [0.2, 0.25) is 0 Å². The van der Waals surface area contributed by atoms with Gasteiger partial charge in [-0.1, -0.05) is 6.42 Å². The molecule has 7 nitrogen and oxygen atoms in total. The third-order valence-corrected chi connectivity index (χ3v) is 3.88. The average Bonchev–Trinajstić information content (AvgIpc) is 2.95. The Bertz CT molecular complexity index is 627. The topological polar surface area (TPSA) is 103 Å². The van der Waals surface area contributed by atoms with Gasteiger partial charge in [-0.2, -0.15) is 0 Å². The minimum absolute atomic E-state index is 0.111. The van der Waals surface area contributed by atoms with E-state index >= 15 is 0 Å². The highest BCUT2D eigenvalue weighted by atomic mass is 16.3. The molecule has 1 fully saturated rings. The Morgan fingerprint density at radius 2 is 2.38 bits per heavy atom. The molecular formula is C14H19N5O2. The molecule has 2 heterocycles. The number of rotatable bonds is 3. The van der Waals surface area contributed by atoms with E-state index in [1.807, 2.05) is 0 Å². The van der Waals surface area contributed by atoms with Crippen molar-refractivity contribution in [2.45, 2.75) is 31.7 Å². The molecule has 2 amide bonds. The summed E-state index contributed by atoms with van der Waals surface area (Å²) in [6, 6.07) is 1.64. The Morgan fingerprint density at radius 1 is 1.48 bits per heavy atom. The molecule has 0 saturated heterocycles. The number of amides is 2. The molecule has 0 aromatic carbocycles. The number of nitrogens with one attached hydrogen (secondary N) is 3. The maximum atomic E-state index is 12.0. The van der Waals surface area contributed by atoms with E-state index < -0.39 is 0 Å². The van der Waals surface area contributed by atoms with Crippen molar-refractivity contribution in [3.8, 4) is 0 Å². The molecule has 1 aliphatic rings. The molecule has 112 valence electrons. The number of carbonyl (C=O) groups is 1. The number of H-pyrrole nitrogens is 1. The van der Waals surface area contributed by atoms with E-state index in [0.29, 0.717) is 22.9 Å². The van der Waals surface area contributed by atoms with Crippen LogP contribution in [0.5, 0.6) is 0 Å². The monoisotopic (exact) mass is 289 g/mol. The first-order valence-corrected chi connectivity index (χ1v) is 7.23. The minimum atomic E-state index is -0.275. The third kappa shape index (κ3) is 3.30. The first-order valence-electron chi connectivity index (χ1n) is 7.23. The van der Waals surface area contributed by atoms with E-state index in [0.717, 1.165) is 25.7 Å². The summed E-state index contributed by atoms with van der Waals surface area (Å²) < 4.78 is 0. The van der Waals surface area contributed by atoms with Gasteiger partial charge in [0.25, 0.3) is 0 Å². The summed E-state index contributed by atoms with van der Waals surface area (Å²) in [5.74, 6) is 0.717. The molecule has 0 spiro atoms. The van der Waals surface area contributed by atoms with Crippen LogP contribution >= 0.6 is 0 Å². The lowest BCUT2D eigenvalue weighted by Gasteiger charge is -2.28. The Labute approximate surface area is 122 Å². The summed E-state index contributed by atoms with van der Waals surface area (Å²) in [6.45, 7) is 0.190. The smallest absolute Gasteiger partial charge is 0.320 e. The van der Waals surface area contributed by atoms with Gasteiger partial charge in [-0.05, 0) is 31.2 Å². The van der Waals surface area contributed by atoms with Gasteiger partial charge in [0.05, 0.1) is 6.20 Å². The number of anilines is 1. The van der Waals surface area contributed by atoms with Gasteiger partial charge in [0, 0.05) is 18.8 Å². The van der Waals surface area contributed by atoms with E-state index in [1.165, 1.54) is 6.20 Å². The lowest BCUT2D eigenvalue weighted by atomic mass is 9.86. The first kappa shape index (κ1) is 13.8. The molecule has 0 bridgehead atoms. The van der Waals surface area contributed by atoms with E-state index in [1.54, 1.807) is 12.3 Å². The van der Waals surface area contributed by atoms with Crippen molar-refractivity contribution in [1.82, 2.24) is 20.3 Å². The number of aromatic amines is 1. The fourth-order valence-corrected chi connectivity index (χ4v) is 2.82. The highest BCUT2D eigenvalue weighted by Crippen LogP contribution is 2.23. The molecule has 21 heavy (non-hydrogen) atoms. The van der Waals surface area contributed by atoms with Crippen LogP contribution in [0.4, 0.5) is 10.6 Å². The molecule has 3 rings (SSSR count). The van der Waals surface area contributed by atoms with Crippen LogP contribution in [0.2, 0.25) is 0 Å². The highest BCUT2D eigenvalue weighted by Gasteiger charge is 2.22. The summed E-state index contributed by atoms with van der Waals surface area (Å²) in [5, 5.41) is 14.8. The molecule has 1 aliphatic carbocycles. The van der Waals surface area contributed by atoms with Crippen LogP contribution in [0.1, 0.15) is 25.7 Å². The molecular weight excluding hydrogens is 270 g/mol. The molecule has 0 radical (unpaired) electrons. The molecule has 1 saturated carbocycles. The van der Waals surface area contributed by atoms with Crippen LogP contribution in [0, 0.1) is 5.92 Å². The summed E-state index contributed by atoms with van der Waals surface area (Å²) in [4.78, 5) is 23.4. The van der Waals surface area contributed by atoms with Crippen molar-refractivity contribution in [3.05, 3.63) is 18.5 Å². The summed E-state index contributed by atoms with van der Waals surface area (Å²) in [6.07, 6.45) is 7.12.